The van der Waals surface area contributed by atoms with Crippen molar-refractivity contribution in [2.75, 3.05) is 18.2 Å². The largest absolute Gasteiger partial charge is 0.497 e. The number of ether oxygens (including phenoxy) is 1. The van der Waals surface area contributed by atoms with E-state index < -0.39 is 0 Å². The Bertz CT molecular complexity index is 782. The standard InChI is InChI=1S/C17H17N3O/c1-11-9-17(15-10-12(18)3-8-16(15)19-11)20-13-4-6-14(21-2)7-5-13/h3-10H,18H2,1-2H3,(H,19,20). The maximum Gasteiger partial charge on any atom is 0.119 e. The van der Waals surface area contributed by atoms with Crippen LogP contribution in [0.1, 0.15) is 5.69 Å². The van der Waals surface area contributed by atoms with Gasteiger partial charge in [-0.15, -0.1) is 0 Å². The van der Waals surface area contributed by atoms with Gasteiger partial charge in [0.15, 0.2) is 0 Å². The zero-order chi connectivity index (χ0) is 14.8. The topological polar surface area (TPSA) is 60.2 Å². The molecule has 0 fully saturated rings. The van der Waals surface area contributed by atoms with Crippen molar-refractivity contribution in [2.45, 2.75) is 6.92 Å². The molecule has 0 saturated carbocycles. The van der Waals surface area contributed by atoms with Crippen LogP contribution < -0.4 is 15.8 Å². The van der Waals surface area contributed by atoms with Gasteiger partial charge in [0.25, 0.3) is 0 Å². The third kappa shape index (κ3) is 2.74. The Morgan fingerprint density at radius 3 is 2.52 bits per heavy atom. The van der Waals surface area contributed by atoms with Crippen LogP contribution in [0.15, 0.2) is 48.5 Å². The van der Waals surface area contributed by atoms with E-state index in [9.17, 15) is 0 Å². The predicted molar refractivity (Wildman–Crippen MR) is 87.2 cm³/mol. The van der Waals surface area contributed by atoms with Gasteiger partial charge in [-0.05, 0) is 55.5 Å². The van der Waals surface area contributed by atoms with E-state index in [-0.39, 0.29) is 0 Å². The lowest BCUT2D eigenvalue weighted by atomic mass is 10.1. The summed E-state index contributed by atoms with van der Waals surface area (Å²) in [6.07, 6.45) is 0. The Balaban J connectivity index is 2.04. The van der Waals surface area contributed by atoms with Gasteiger partial charge in [0, 0.05) is 28.1 Å². The predicted octanol–water partition coefficient (Wildman–Crippen LogP) is 3.88. The fraction of sp³-hybridized carbons (Fsp3) is 0.118. The van der Waals surface area contributed by atoms with E-state index in [1.54, 1.807) is 7.11 Å². The number of hydrogen-bond acceptors (Lipinski definition) is 4. The summed E-state index contributed by atoms with van der Waals surface area (Å²) in [5.41, 5.74) is 10.5. The van der Waals surface area contributed by atoms with Gasteiger partial charge in [0.2, 0.25) is 0 Å². The number of benzene rings is 2. The maximum absolute atomic E-state index is 5.89. The number of nitrogens with zero attached hydrogens (tertiary/aromatic N) is 1. The third-order valence-electron chi connectivity index (χ3n) is 3.33. The summed E-state index contributed by atoms with van der Waals surface area (Å²) < 4.78 is 5.17. The Kier molecular flexibility index (Phi) is 3.36. The molecule has 0 unspecified atom stereocenters. The number of hydrogen-bond donors (Lipinski definition) is 2. The van der Waals surface area contributed by atoms with Crippen LogP contribution in [0.25, 0.3) is 10.9 Å². The smallest absolute Gasteiger partial charge is 0.119 e. The minimum atomic E-state index is 0.728. The number of anilines is 3. The van der Waals surface area contributed by atoms with Crippen LogP contribution in [0.2, 0.25) is 0 Å². The van der Waals surface area contributed by atoms with Crippen molar-refractivity contribution in [3.8, 4) is 5.75 Å². The average molecular weight is 279 g/mol. The first-order valence-electron chi connectivity index (χ1n) is 6.74. The monoisotopic (exact) mass is 279 g/mol. The summed E-state index contributed by atoms with van der Waals surface area (Å²) in [5, 5.41) is 4.43. The van der Waals surface area contributed by atoms with Gasteiger partial charge in [0.05, 0.1) is 12.6 Å². The van der Waals surface area contributed by atoms with Gasteiger partial charge in [-0.1, -0.05) is 0 Å². The molecule has 0 radical (unpaired) electrons. The summed E-state index contributed by atoms with van der Waals surface area (Å²) in [6.45, 7) is 1.98. The Morgan fingerprint density at radius 2 is 1.81 bits per heavy atom. The van der Waals surface area contributed by atoms with Gasteiger partial charge in [-0.3, -0.25) is 4.98 Å². The molecule has 0 amide bonds. The second-order valence-corrected chi connectivity index (χ2v) is 4.94. The Hall–Kier alpha value is -2.75. The van der Waals surface area contributed by atoms with E-state index in [1.807, 2.05) is 55.5 Å². The molecule has 106 valence electrons. The van der Waals surface area contributed by atoms with Gasteiger partial charge in [-0.25, -0.2) is 0 Å². The molecule has 3 N–H and O–H groups in total. The van der Waals surface area contributed by atoms with Crippen molar-refractivity contribution >= 4 is 28.0 Å². The number of nitrogens with two attached hydrogens (primary N) is 1. The van der Waals surface area contributed by atoms with Crippen LogP contribution in [0.4, 0.5) is 17.1 Å². The molecular formula is C17H17N3O. The molecule has 3 rings (SSSR count). The number of methoxy groups -OCH3 is 1. The van der Waals surface area contributed by atoms with Gasteiger partial charge in [-0.2, -0.15) is 0 Å². The van der Waals surface area contributed by atoms with Crippen LogP contribution in [0.5, 0.6) is 5.75 Å². The van der Waals surface area contributed by atoms with Crippen LogP contribution in [0, 0.1) is 6.92 Å². The van der Waals surface area contributed by atoms with Crippen LogP contribution in [-0.2, 0) is 0 Å². The van der Waals surface area contributed by atoms with Crippen molar-refractivity contribution in [3.63, 3.8) is 0 Å². The Morgan fingerprint density at radius 1 is 1.05 bits per heavy atom. The molecule has 0 aliphatic carbocycles. The van der Waals surface area contributed by atoms with Crippen molar-refractivity contribution in [2.24, 2.45) is 0 Å². The summed E-state index contributed by atoms with van der Waals surface area (Å²) in [5.74, 6) is 0.834. The number of fused-ring (bicyclic) bond motifs is 1. The van der Waals surface area contributed by atoms with Gasteiger partial charge >= 0.3 is 0 Å². The van der Waals surface area contributed by atoms with E-state index in [0.717, 1.165) is 39.4 Å². The Labute approximate surface area is 123 Å². The molecule has 4 heteroatoms. The molecule has 2 aromatic carbocycles. The zero-order valence-electron chi connectivity index (χ0n) is 12.1. The summed E-state index contributed by atoms with van der Waals surface area (Å²) in [7, 11) is 1.66. The van der Waals surface area contributed by atoms with E-state index >= 15 is 0 Å². The van der Waals surface area contributed by atoms with Crippen molar-refractivity contribution < 1.29 is 4.74 Å². The number of aryl methyl sites for hydroxylation is 1. The number of nitrogens with one attached hydrogen (secondary N) is 1. The fourth-order valence-corrected chi connectivity index (χ4v) is 2.31. The SMILES string of the molecule is COc1ccc(Nc2cc(C)nc3ccc(N)cc23)cc1. The van der Waals surface area contributed by atoms with Crippen LogP contribution in [0.3, 0.4) is 0 Å². The second kappa shape index (κ2) is 5.32. The number of rotatable bonds is 3. The molecule has 21 heavy (non-hydrogen) atoms. The molecule has 0 aliphatic rings. The van der Waals surface area contributed by atoms with Crippen molar-refractivity contribution in [1.82, 2.24) is 4.98 Å². The minimum Gasteiger partial charge on any atom is -0.497 e. The van der Waals surface area contributed by atoms with Gasteiger partial charge in [0.1, 0.15) is 5.75 Å². The third-order valence-corrected chi connectivity index (χ3v) is 3.33. The van der Waals surface area contributed by atoms with E-state index in [2.05, 4.69) is 10.3 Å². The quantitative estimate of drug-likeness (QED) is 0.714. The molecule has 1 aromatic heterocycles. The van der Waals surface area contributed by atoms with Gasteiger partial charge < -0.3 is 15.8 Å². The molecule has 0 aliphatic heterocycles. The number of pyridine rings is 1. The highest BCUT2D eigenvalue weighted by molar-refractivity contribution is 5.95. The maximum atomic E-state index is 5.89. The molecule has 0 bridgehead atoms. The summed E-state index contributed by atoms with van der Waals surface area (Å²) >= 11 is 0. The molecule has 0 atom stereocenters. The highest BCUT2D eigenvalue weighted by Gasteiger charge is 2.05. The molecule has 4 nitrogen and oxygen atoms in total. The molecule has 3 aromatic rings. The lowest BCUT2D eigenvalue weighted by molar-refractivity contribution is 0.415. The van der Waals surface area contributed by atoms with Crippen molar-refractivity contribution in [3.05, 3.63) is 54.2 Å². The van der Waals surface area contributed by atoms with E-state index in [0.29, 0.717) is 0 Å². The molecule has 1 heterocycles. The first kappa shape index (κ1) is 13.2. The molecule has 0 spiro atoms. The summed E-state index contributed by atoms with van der Waals surface area (Å²) in [6, 6.07) is 15.6. The average Bonchev–Trinajstić information content (AvgIpc) is 2.49. The van der Waals surface area contributed by atoms with Crippen LogP contribution >= 0.6 is 0 Å². The highest BCUT2D eigenvalue weighted by Crippen LogP contribution is 2.28. The lowest BCUT2D eigenvalue weighted by Gasteiger charge is -2.12. The molecule has 0 saturated heterocycles. The van der Waals surface area contributed by atoms with Crippen molar-refractivity contribution in [1.29, 1.82) is 0 Å². The first-order valence-corrected chi connectivity index (χ1v) is 6.74. The highest BCUT2D eigenvalue weighted by atomic mass is 16.5. The minimum absolute atomic E-state index is 0.728. The zero-order valence-corrected chi connectivity index (χ0v) is 12.1. The van der Waals surface area contributed by atoms with E-state index in [4.69, 9.17) is 10.5 Å². The first-order chi connectivity index (χ1) is 10.2. The molecular weight excluding hydrogens is 262 g/mol. The number of nitrogen functional groups attached to an aromatic ring is 1. The lowest BCUT2D eigenvalue weighted by Crippen LogP contribution is -1.96. The van der Waals surface area contributed by atoms with Crippen LogP contribution in [-0.4, -0.2) is 12.1 Å². The fourth-order valence-electron chi connectivity index (χ4n) is 2.31. The summed E-state index contributed by atoms with van der Waals surface area (Å²) in [4.78, 5) is 4.53. The van der Waals surface area contributed by atoms with E-state index in [1.165, 1.54) is 0 Å². The normalized spacial score (nSPS) is 10.6. The second-order valence-electron chi connectivity index (χ2n) is 4.94. The number of aromatic nitrogens is 1.